The van der Waals surface area contributed by atoms with E-state index >= 15 is 0 Å². The van der Waals surface area contributed by atoms with Gasteiger partial charge in [-0.2, -0.15) is 0 Å². The number of ether oxygens (including phenoxy) is 1. The van der Waals surface area contributed by atoms with Crippen molar-refractivity contribution in [3.05, 3.63) is 41.5 Å². The second-order valence-electron chi connectivity index (χ2n) is 6.00. The fourth-order valence-corrected chi connectivity index (χ4v) is 2.50. The fraction of sp³-hybridized carbons (Fsp3) is 0.389. The molecule has 4 atom stereocenters. The Morgan fingerprint density at radius 2 is 1.80 bits per heavy atom. The zero-order chi connectivity index (χ0) is 18.6. The maximum atomic E-state index is 12.3. The molecule has 1 heterocycles. The minimum absolute atomic E-state index is 0.00657. The second kappa shape index (κ2) is 8.15. The summed E-state index contributed by atoms with van der Waals surface area (Å²) < 4.78 is 5.27. The van der Waals surface area contributed by atoms with Crippen LogP contribution in [0.25, 0.3) is 6.08 Å². The molecule has 0 amide bonds. The number of fused-ring (bicyclic) bond motifs is 1. The van der Waals surface area contributed by atoms with Crippen LogP contribution in [0.15, 0.2) is 30.4 Å². The van der Waals surface area contributed by atoms with Gasteiger partial charge in [-0.05, 0) is 25.0 Å². The monoisotopic (exact) mass is 350 g/mol. The maximum absolute atomic E-state index is 12.3. The van der Waals surface area contributed by atoms with E-state index in [4.69, 9.17) is 4.74 Å². The number of aliphatic hydroxyl groups excluding tert-OH is 3. The van der Waals surface area contributed by atoms with Crippen molar-refractivity contribution in [1.29, 1.82) is 0 Å². The average molecular weight is 350 g/mol. The van der Waals surface area contributed by atoms with Crippen LogP contribution in [-0.4, -0.2) is 55.9 Å². The Balaban J connectivity index is 2.41. The van der Waals surface area contributed by atoms with E-state index in [2.05, 4.69) is 0 Å². The standard InChI is InChI=1S/C18H22O7/c1-10-4-2-6-13(20)17(23)14(21)7-3-5-11-8-12(19)9-15(22)16(11)18(24)25-10/h2-3,5-6,8-10,13-14,17,19-23H,4,7H2,1H3. The van der Waals surface area contributed by atoms with Crippen LogP contribution in [-0.2, 0) is 4.74 Å². The molecule has 0 saturated heterocycles. The van der Waals surface area contributed by atoms with Crippen LogP contribution in [0.3, 0.4) is 0 Å². The number of aliphatic hydroxyl groups is 3. The van der Waals surface area contributed by atoms with Crippen molar-refractivity contribution in [2.24, 2.45) is 0 Å². The number of hydrogen-bond acceptors (Lipinski definition) is 7. The highest BCUT2D eigenvalue weighted by molar-refractivity contribution is 5.97. The first kappa shape index (κ1) is 19.0. The van der Waals surface area contributed by atoms with Crippen molar-refractivity contribution in [2.45, 2.75) is 44.2 Å². The Morgan fingerprint density at radius 1 is 1.08 bits per heavy atom. The van der Waals surface area contributed by atoms with Crippen LogP contribution >= 0.6 is 0 Å². The van der Waals surface area contributed by atoms with Crippen molar-refractivity contribution in [3.8, 4) is 11.5 Å². The lowest BCUT2D eigenvalue weighted by Crippen LogP contribution is -2.35. The van der Waals surface area contributed by atoms with E-state index < -0.39 is 36.1 Å². The Hall–Kier alpha value is -2.35. The molecule has 0 bridgehead atoms. The Labute approximate surface area is 145 Å². The lowest BCUT2D eigenvalue weighted by atomic mass is 10.0. The van der Waals surface area contributed by atoms with Gasteiger partial charge in [0.2, 0.25) is 0 Å². The minimum atomic E-state index is -1.38. The molecule has 4 unspecified atom stereocenters. The zero-order valence-electron chi connectivity index (χ0n) is 13.7. The van der Waals surface area contributed by atoms with Gasteiger partial charge in [-0.1, -0.05) is 24.3 Å². The van der Waals surface area contributed by atoms with Crippen molar-refractivity contribution >= 4 is 12.0 Å². The average Bonchev–Trinajstić information content (AvgIpc) is 2.52. The van der Waals surface area contributed by atoms with Crippen molar-refractivity contribution in [1.82, 2.24) is 0 Å². The number of carbonyl (C=O) groups is 1. The molecule has 2 rings (SSSR count). The minimum Gasteiger partial charge on any atom is -0.508 e. The van der Waals surface area contributed by atoms with E-state index in [0.717, 1.165) is 6.07 Å². The van der Waals surface area contributed by atoms with Gasteiger partial charge in [0, 0.05) is 12.5 Å². The van der Waals surface area contributed by atoms with Gasteiger partial charge < -0.3 is 30.3 Å². The van der Waals surface area contributed by atoms with Gasteiger partial charge in [0.15, 0.2) is 0 Å². The van der Waals surface area contributed by atoms with Gasteiger partial charge in [-0.15, -0.1) is 0 Å². The highest BCUT2D eigenvalue weighted by atomic mass is 16.5. The number of esters is 1. The molecule has 136 valence electrons. The summed E-state index contributed by atoms with van der Waals surface area (Å²) in [7, 11) is 0. The number of aromatic hydroxyl groups is 2. The summed E-state index contributed by atoms with van der Waals surface area (Å²) in [5, 5.41) is 49.3. The molecule has 7 heteroatoms. The van der Waals surface area contributed by atoms with Crippen LogP contribution in [0.4, 0.5) is 0 Å². The topological polar surface area (TPSA) is 127 Å². The number of benzene rings is 1. The fourth-order valence-electron chi connectivity index (χ4n) is 2.50. The SMILES string of the molecule is CC1CC=CC(O)C(O)C(O)CC=Cc2cc(O)cc(O)c2C(=O)O1. The second-order valence-corrected chi connectivity index (χ2v) is 6.00. The maximum Gasteiger partial charge on any atom is 0.342 e. The molecule has 7 nitrogen and oxygen atoms in total. The molecule has 0 aromatic heterocycles. The Bertz CT molecular complexity index is 680. The van der Waals surface area contributed by atoms with Crippen LogP contribution in [0.5, 0.6) is 11.5 Å². The van der Waals surface area contributed by atoms with Gasteiger partial charge in [0.05, 0.1) is 6.10 Å². The molecular formula is C18H22O7. The molecule has 0 fully saturated rings. The van der Waals surface area contributed by atoms with E-state index in [1.165, 1.54) is 30.4 Å². The van der Waals surface area contributed by atoms with Crippen LogP contribution in [0.2, 0.25) is 0 Å². The van der Waals surface area contributed by atoms with Crippen molar-refractivity contribution in [3.63, 3.8) is 0 Å². The van der Waals surface area contributed by atoms with Gasteiger partial charge in [0.25, 0.3) is 0 Å². The van der Waals surface area contributed by atoms with Gasteiger partial charge in [-0.3, -0.25) is 0 Å². The molecule has 1 aliphatic rings. The molecule has 1 aromatic rings. The third-order valence-electron chi connectivity index (χ3n) is 3.87. The molecule has 0 aliphatic carbocycles. The molecule has 5 N–H and O–H groups in total. The first-order valence-corrected chi connectivity index (χ1v) is 7.94. The summed E-state index contributed by atoms with van der Waals surface area (Å²) in [4.78, 5) is 12.3. The summed E-state index contributed by atoms with van der Waals surface area (Å²) >= 11 is 0. The number of phenolic OH excluding ortho intramolecular Hbond substituents is 2. The van der Waals surface area contributed by atoms with Gasteiger partial charge in [0.1, 0.15) is 35.4 Å². The lowest BCUT2D eigenvalue weighted by Gasteiger charge is -2.20. The van der Waals surface area contributed by atoms with E-state index in [0.29, 0.717) is 0 Å². The van der Waals surface area contributed by atoms with Crippen molar-refractivity contribution < 1.29 is 35.1 Å². The first-order valence-electron chi connectivity index (χ1n) is 7.94. The van der Waals surface area contributed by atoms with E-state index in [1.807, 2.05) is 0 Å². The largest absolute Gasteiger partial charge is 0.508 e. The lowest BCUT2D eigenvalue weighted by molar-refractivity contribution is -0.0394. The molecule has 0 saturated carbocycles. The van der Waals surface area contributed by atoms with E-state index in [1.54, 1.807) is 6.92 Å². The highest BCUT2D eigenvalue weighted by Crippen LogP contribution is 2.29. The quantitative estimate of drug-likeness (QED) is 0.350. The third kappa shape index (κ3) is 4.82. The molecule has 0 spiro atoms. The molecule has 25 heavy (non-hydrogen) atoms. The number of rotatable bonds is 0. The van der Waals surface area contributed by atoms with Crippen LogP contribution in [0.1, 0.15) is 35.7 Å². The summed E-state index contributed by atoms with van der Waals surface area (Å²) in [6, 6.07) is 2.32. The Kier molecular flexibility index (Phi) is 6.19. The molecule has 0 radical (unpaired) electrons. The van der Waals surface area contributed by atoms with Crippen molar-refractivity contribution in [2.75, 3.05) is 0 Å². The smallest absolute Gasteiger partial charge is 0.342 e. The molecule has 1 aliphatic heterocycles. The summed E-state index contributed by atoms with van der Waals surface area (Å²) in [5.41, 5.74) is 0.113. The number of hydrogen-bond donors (Lipinski definition) is 5. The third-order valence-corrected chi connectivity index (χ3v) is 3.87. The van der Waals surface area contributed by atoms with E-state index in [-0.39, 0.29) is 29.7 Å². The first-order chi connectivity index (χ1) is 11.8. The molecule has 1 aromatic carbocycles. The summed E-state index contributed by atoms with van der Waals surface area (Å²) in [5.74, 6) is -1.41. The van der Waals surface area contributed by atoms with Crippen LogP contribution in [0, 0.1) is 0 Å². The molecular weight excluding hydrogens is 328 g/mol. The summed E-state index contributed by atoms with van der Waals surface area (Å²) in [6.07, 6.45) is 1.62. The summed E-state index contributed by atoms with van der Waals surface area (Å²) in [6.45, 7) is 1.64. The number of cyclic esters (lactones) is 1. The van der Waals surface area contributed by atoms with Gasteiger partial charge >= 0.3 is 5.97 Å². The predicted octanol–water partition coefficient (Wildman–Crippen LogP) is 1.09. The van der Waals surface area contributed by atoms with Gasteiger partial charge in [-0.25, -0.2) is 4.79 Å². The number of carbonyl (C=O) groups excluding carboxylic acids is 1. The Morgan fingerprint density at radius 3 is 2.52 bits per heavy atom. The number of phenols is 2. The highest BCUT2D eigenvalue weighted by Gasteiger charge is 2.23. The zero-order valence-corrected chi connectivity index (χ0v) is 13.7. The van der Waals surface area contributed by atoms with E-state index in [9.17, 15) is 30.3 Å². The van der Waals surface area contributed by atoms with Crippen LogP contribution < -0.4 is 0 Å². The normalized spacial score (nSPS) is 28.1. The predicted molar refractivity (Wildman–Crippen MR) is 90.1 cm³/mol.